The zero-order valence-corrected chi connectivity index (χ0v) is 12.2. The highest BCUT2D eigenvalue weighted by atomic mass is 32.2. The van der Waals surface area contributed by atoms with E-state index in [0.29, 0.717) is 30.3 Å². The van der Waals surface area contributed by atoms with Gasteiger partial charge in [-0.1, -0.05) is 0 Å². The second kappa shape index (κ2) is 6.25. The molecule has 1 aliphatic rings. The van der Waals surface area contributed by atoms with E-state index in [-0.39, 0.29) is 12.0 Å². The van der Waals surface area contributed by atoms with Crippen LogP contribution in [0.5, 0.6) is 17.2 Å². The molecule has 0 amide bonds. The molecular weight excluding hydrogens is 266 g/mol. The maximum atomic E-state index is 11.3. The Bertz CT molecular complexity index is 478. The van der Waals surface area contributed by atoms with E-state index < -0.39 is 10.8 Å². The van der Waals surface area contributed by atoms with Gasteiger partial charge < -0.3 is 19.5 Å². The highest BCUT2D eigenvalue weighted by Crippen LogP contribution is 2.41. The van der Waals surface area contributed by atoms with E-state index in [0.717, 1.165) is 5.56 Å². The summed E-state index contributed by atoms with van der Waals surface area (Å²) in [5.41, 5.74) is 1.05. The van der Waals surface area contributed by atoms with Crippen LogP contribution in [0.1, 0.15) is 12.5 Å². The van der Waals surface area contributed by atoms with Crippen molar-refractivity contribution in [1.29, 1.82) is 0 Å². The van der Waals surface area contributed by atoms with E-state index in [9.17, 15) is 4.21 Å². The van der Waals surface area contributed by atoms with Crippen molar-refractivity contribution in [3.05, 3.63) is 17.7 Å². The number of benzene rings is 1. The molecule has 5 nitrogen and oxygen atoms in total. The average molecular weight is 285 g/mol. The number of rotatable bonds is 6. The molecule has 19 heavy (non-hydrogen) atoms. The first-order valence-corrected chi connectivity index (χ1v) is 7.73. The molecule has 2 unspecified atom stereocenters. The van der Waals surface area contributed by atoms with Crippen molar-refractivity contribution < 1.29 is 18.4 Å². The average Bonchev–Trinajstić information content (AvgIpc) is 2.85. The molecule has 1 aliphatic heterocycles. The van der Waals surface area contributed by atoms with Gasteiger partial charge in [0.1, 0.15) is 0 Å². The van der Waals surface area contributed by atoms with Gasteiger partial charge in [-0.2, -0.15) is 0 Å². The second-order valence-corrected chi connectivity index (χ2v) is 6.27. The fourth-order valence-corrected chi connectivity index (χ4v) is 2.18. The molecule has 0 aliphatic carbocycles. The van der Waals surface area contributed by atoms with Gasteiger partial charge in [-0.05, 0) is 24.6 Å². The summed E-state index contributed by atoms with van der Waals surface area (Å²) >= 11 is 0. The van der Waals surface area contributed by atoms with Crippen LogP contribution in [0.4, 0.5) is 0 Å². The van der Waals surface area contributed by atoms with Gasteiger partial charge in [0.15, 0.2) is 11.5 Å². The number of fused-ring (bicyclic) bond motifs is 1. The highest BCUT2D eigenvalue weighted by molar-refractivity contribution is 7.84. The molecule has 0 aromatic heterocycles. The second-order valence-electron chi connectivity index (χ2n) is 4.47. The summed E-state index contributed by atoms with van der Waals surface area (Å²) in [5.74, 6) is 2.05. The molecule has 1 N–H and O–H groups in total. The van der Waals surface area contributed by atoms with Crippen LogP contribution in [0.3, 0.4) is 0 Å². The molecule has 2 atom stereocenters. The Labute approximate surface area is 115 Å². The summed E-state index contributed by atoms with van der Waals surface area (Å²) in [5, 5.41) is 3.42. The molecule has 0 saturated heterocycles. The van der Waals surface area contributed by atoms with Crippen LogP contribution < -0.4 is 19.5 Å². The van der Waals surface area contributed by atoms with Gasteiger partial charge in [-0.25, -0.2) is 0 Å². The Morgan fingerprint density at radius 3 is 2.95 bits per heavy atom. The lowest BCUT2D eigenvalue weighted by atomic mass is 10.2. The smallest absolute Gasteiger partial charge is 0.231 e. The Morgan fingerprint density at radius 2 is 2.26 bits per heavy atom. The molecule has 0 saturated carbocycles. The third kappa shape index (κ3) is 3.39. The quantitative estimate of drug-likeness (QED) is 0.853. The topological polar surface area (TPSA) is 56.8 Å². The van der Waals surface area contributed by atoms with Gasteiger partial charge in [0.25, 0.3) is 0 Å². The molecule has 1 aromatic rings. The predicted molar refractivity (Wildman–Crippen MR) is 74.4 cm³/mol. The van der Waals surface area contributed by atoms with E-state index in [1.165, 1.54) is 0 Å². The molecular formula is C13H19NO4S. The summed E-state index contributed by atoms with van der Waals surface area (Å²) in [6.45, 7) is 3.58. The van der Waals surface area contributed by atoms with Gasteiger partial charge in [0.2, 0.25) is 12.5 Å². The minimum atomic E-state index is -0.806. The van der Waals surface area contributed by atoms with E-state index in [2.05, 4.69) is 5.32 Å². The summed E-state index contributed by atoms with van der Waals surface area (Å²) in [6.07, 6.45) is 1.72. The summed E-state index contributed by atoms with van der Waals surface area (Å²) in [4.78, 5) is 0. The van der Waals surface area contributed by atoms with Crippen LogP contribution in [0.15, 0.2) is 12.1 Å². The predicted octanol–water partition coefficient (Wildman–Crippen LogP) is 1.28. The van der Waals surface area contributed by atoms with Crippen molar-refractivity contribution in [1.82, 2.24) is 5.32 Å². The Balaban J connectivity index is 1.99. The van der Waals surface area contributed by atoms with Crippen LogP contribution >= 0.6 is 0 Å². The monoisotopic (exact) mass is 285 g/mol. The lowest BCUT2D eigenvalue weighted by Gasteiger charge is -2.11. The number of hydrogen-bond acceptors (Lipinski definition) is 5. The highest BCUT2D eigenvalue weighted by Gasteiger charge is 2.19. The Kier molecular flexibility index (Phi) is 4.66. The van der Waals surface area contributed by atoms with Crippen molar-refractivity contribution >= 4 is 10.8 Å². The number of hydrogen-bond donors (Lipinski definition) is 1. The van der Waals surface area contributed by atoms with Gasteiger partial charge in [-0.3, -0.25) is 4.21 Å². The Hall–Kier alpha value is -1.27. The van der Waals surface area contributed by atoms with Crippen LogP contribution in [0.2, 0.25) is 0 Å². The molecule has 0 fully saturated rings. The molecule has 0 bridgehead atoms. The van der Waals surface area contributed by atoms with Crippen LogP contribution in [-0.4, -0.2) is 36.2 Å². The largest absolute Gasteiger partial charge is 0.493 e. The number of nitrogens with one attached hydrogen (secondary N) is 1. The zero-order chi connectivity index (χ0) is 13.8. The van der Waals surface area contributed by atoms with E-state index in [1.807, 2.05) is 19.1 Å². The van der Waals surface area contributed by atoms with Crippen molar-refractivity contribution in [2.45, 2.75) is 18.7 Å². The normalized spacial score (nSPS) is 16.2. The first-order chi connectivity index (χ1) is 9.11. The Morgan fingerprint density at radius 1 is 1.47 bits per heavy atom. The van der Waals surface area contributed by atoms with Crippen LogP contribution in [0, 0.1) is 0 Å². The number of ether oxygens (including phenoxy) is 3. The molecule has 6 heteroatoms. The zero-order valence-electron chi connectivity index (χ0n) is 11.4. The maximum absolute atomic E-state index is 11.3. The maximum Gasteiger partial charge on any atom is 0.231 e. The van der Waals surface area contributed by atoms with Gasteiger partial charge >= 0.3 is 0 Å². The molecule has 0 radical (unpaired) electrons. The molecule has 106 valence electrons. The summed E-state index contributed by atoms with van der Waals surface area (Å²) in [7, 11) is 0.802. The molecule has 2 rings (SSSR count). The van der Waals surface area contributed by atoms with Crippen LogP contribution in [0.25, 0.3) is 0 Å². The number of methoxy groups -OCH3 is 1. The van der Waals surface area contributed by atoms with Gasteiger partial charge in [-0.15, -0.1) is 0 Å². The van der Waals surface area contributed by atoms with Gasteiger partial charge in [0.05, 0.1) is 7.11 Å². The van der Waals surface area contributed by atoms with Gasteiger partial charge in [0, 0.05) is 35.4 Å². The fraction of sp³-hybridized carbons (Fsp3) is 0.538. The van der Waals surface area contributed by atoms with Crippen LogP contribution in [-0.2, 0) is 17.3 Å². The minimum Gasteiger partial charge on any atom is -0.493 e. The fourth-order valence-electron chi connectivity index (χ4n) is 1.82. The summed E-state index contributed by atoms with van der Waals surface area (Å²) < 4.78 is 27.2. The lowest BCUT2D eigenvalue weighted by molar-refractivity contribution is 0.171. The molecule has 1 heterocycles. The third-order valence-electron chi connectivity index (χ3n) is 3.05. The molecule has 1 aromatic carbocycles. The van der Waals surface area contributed by atoms with E-state index in [1.54, 1.807) is 13.4 Å². The SMILES string of the molecule is COc1cc(CNCC(C)S(C)=O)cc2c1OCO2. The van der Waals surface area contributed by atoms with Crippen molar-refractivity contribution in [2.24, 2.45) is 0 Å². The van der Waals surface area contributed by atoms with Crippen molar-refractivity contribution in [2.75, 3.05) is 26.7 Å². The minimum absolute atomic E-state index is 0.135. The van der Waals surface area contributed by atoms with Crippen molar-refractivity contribution in [3.63, 3.8) is 0 Å². The first kappa shape index (κ1) is 14.1. The van der Waals surface area contributed by atoms with E-state index >= 15 is 0 Å². The third-order valence-corrected chi connectivity index (χ3v) is 4.35. The first-order valence-electron chi connectivity index (χ1n) is 6.11. The van der Waals surface area contributed by atoms with E-state index in [4.69, 9.17) is 14.2 Å². The summed E-state index contributed by atoms with van der Waals surface area (Å²) in [6, 6.07) is 3.86. The van der Waals surface area contributed by atoms with Crippen molar-refractivity contribution in [3.8, 4) is 17.2 Å². The standard InChI is InChI=1S/C13H19NO4S/c1-9(19(3)15)6-14-7-10-4-11(16-2)13-12(5-10)17-8-18-13/h4-5,9,14H,6-8H2,1-3H3. The molecule has 0 spiro atoms. The lowest BCUT2D eigenvalue weighted by Crippen LogP contribution is -2.27.